The minimum Gasteiger partial charge on any atom is -0.487 e. The van der Waals surface area contributed by atoms with Crippen LogP contribution in [-0.2, 0) is 9.53 Å². The number of imidazole rings is 1. The number of nitrogens with one attached hydrogen (secondary N) is 1. The van der Waals surface area contributed by atoms with E-state index in [4.69, 9.17) is 9.47 Å². The molecule has 35 heavy (non-hydrogen) atoms. The highest BCUT2D eigenvalue weighted by molar-refractivity contribution is 5.94. The molecule has 0 radical (unpaired) electrons. The SMILES string of the molecule is CC(F)(F)COc1ccc(C(O)CC(=O)Nc2ccc3c(c2)ncn3C(=O)OC(C)(C)C)c(F)c1. The summed E-state index contributed by atoms with van der Waals surface area (Å²) in [5, 5.41) is 12.9. The first-order chi connectivity index (χ1) is 16.2. The van der Waals surface area contributed by atoms with Gasteiger partial charge in [0.25, 0.3) is 5.92 Å². The maximum absolute atomic E-state index is 14.3. The second-order valence-electron chi connectivity index (χ2n) is 9.11. The van der Waals surface area contributed by atoms with E-state index in [1.165, 1.54) is 29.1 Å². The molecule has 0 spiro atoms. The lowest BCUT2D eigenvalue weighted by Crippen LogP contribution is -2.26. The molecule has 2 aromatic carbocycles. The number of anilines is 1. The minimum absolute atomic E-state index is 0.122. The Morgan fingerprint density at radius 3 is 2.49 bits per heavy atom. The van der Waals surface area contributed by atoms with Gasteiger partial charge >= 0.3 is 6.09 Å². The number of ether oxygens (including phenoxy) is 2. The van der Waals surface area contributed by atoms with Crippen LogP contribution < -0.4 is 10.1 Å². The van der Waals surface area contributed by atoms with Gasteiger partial charge in [0.05, 0.1) is 23.6 Å². The number of fused-ring (bicyclic) bond motifs is 1. The number of aliphatic hydroxyl groups is 1. The fraction of sp³-hybridized carbons (Fsp3) is 0.375. The number of aromatic nitrogens is 2. The molecule has 0 fully saturated rings. The van der Waals surface area contributed by atoms with Gasteiger partial charge in [-0.15, -0.1) is 0 Å². The third-order valence-corrected chi connectivity index (χ3v) is 4.62. The van der Waals surface area contributed by atoms with Gasteiger partial charge in [0.15, 0.2) is 6.61 Å². The molecular formula is C24H26F3N3O5. The lowest BCUT2D eigenvalue weighted by atomic mass is 10.1. The predicted molar refractivity (Wildman–Crippen MR) is 122 cm³/mol. The zero-order valence-corrected chi connectivity index (χ0v) is 19.6. The molecule has 188 valence electrons. The maximum Gasteiger partial charge on any atom is 0.420 e. The standard InChI is InChI=1S/C24H26F3N3O5/c1-23(2,3)35-22(33)30-13-28-18-9-14(5-8-19(18)30)29-21(32)11-20(31)16-7-6-15(10-17(16)25)34-12-24(4,26)27/h5-10,13,20,31H,11-12H2,1-4H3,(H,29,32). The van der Waals surface area contributed by atoms with Crippen molar-refractivity contribution >= 4 is 28.7 Å². The van der Waals surface area contributed by atoms with E-state index in [0.717, 1.165) is 6.07 Å². The van der Waals surface area contributed by atoms with Gasteiger partial charge in [-0.2, -0.15) is 0 Å². The monoisotopic (exact) mass is 493 g/mol. The summed E-state index contributed by atoms with van der Waals surface area (Å²) in [7, 11) is 0. The van der Waals surface area contributed by atoms with Crippen LogP contribution in [0.2, 0.25) is 0 Å². The van der Waals surface area contributed by atoms with Crippen LogP contribution in [0.1, 0.15) is 45.8 Å². The molecule has 8 nitrogen and oxygen atoms in total. The molecule has 0 saturated carbocycles. The molecule has 3 rings (SSSR count). The van der Waals surface area contributed by atoms with Crippen molar-refractivity contribution in [1.82, 2.24) is 9.55 Å². The number of aliphatic hydroxyl groups excluding tert-OH is 1. The Balaban J connectivity index is 1.64. The second kappa shape index (κ2) is 9.95. The zero-order chi connectivity index (χ0) is 26.0. The third-order valence-electron chi connectivity index (χ3n) is 4.62. The number of hydrogen-bond acceptors (Lipinski definition) is 6. The number of halogens is 3. The third kappa shape index (κ3) is 7.19. The topological polar surface area (TPSA) is 103 Å². The number of amides is 1. The van der Waals surface area contributed by atoms with E-state index in [-0.39, 0.29) is 11.3 Å². The number of carbonyl (C=O) groups excluding carboxylic acids is 2. The van der Waals surface area contributed by atoms with E-state index in [0.29, 0.717) is 23.6 Å². The maximum atomic E-state index is 14.3. The molecular weight excluding hydrogens is 467 g/mol. The van der Waals surface area contributed by atoms with E-state index in [1.807, 2.05) is 0 Å². The Hall–Kier alpha value is -3.60. The van der Waals surface area contributed by atoms with Gasteiger partial charge < -0.3 is 19.9 Å². The zero-order valence-electron chi connectivity index (χ0n) is 19.6. The van der Waals surface area contributed by atoms with Crippen molar-refractivity contribution in [2.24, 2.45) is 0 Å². The Morgan fingerprint density at radius 1 is 1.14 bits per heavy atom. The first-order valence-corrected chi connectivity index (χ1v) is 10.7. The summed E-state index contributed by atoms with van der Waals surface area (Å²) in [5.74, 6) is -4.70. The highest BCUT2D eigenvalue weighted by atomic mass is 19.3. The molecule has 1 aromatic heterocycles. The van der Waals surface area contributed by atoms with Crippen molar-refractivity contribution in [2.45, 2.75) is 51.7 Å². The summed E-state index contributed by atoms with van der Waals surface area (Å²) in [4.78, 5) is 28.9. The van der Waals surface area contributed by atoms with Gasteiger partial charge in [-0.1, -0.05) is 0 Å². The van der Waals surface area contributed by atoms with Crippen molar-refractivity contribution in [3.8, 4) is 5.75 Å². The molecule has 3 aromatic rings. The number of carbonyl (C=O) groups is 2. The number of alkyl halides is 2. The Kier molecular flexibility index (Phi) is 7.39. The summed E-state index contributed by atoms with van der Waals surface area (Å²) in [6, 6.07) is 7.95. The van der Waals surface area contributed by atoms with Crippen molar-refractivity contribution in [2.75, 3.05) is 11.9 Å². The van der Waals surface area contributed by atoms with Crippen LogP contribution in [0.5, 0.6) is 5.75 Å². The largest absolute Gasteiger partial charge is 0.487 e. The minimum atomic E-state index is -3.08. The summed E-state index contributed by atoms with van der Waals surface area (Å²) in [5.41, 5.74) is 0.395. The average Bonchev–Trinajstić information content (AvgIpc) is 3.13. The molecule has 11 heteroatoms. The van der Waals surface area contributed by atoms with Crippen molar-refractivity contribution in [3.63, 3.8) is 0 Å². The van der Waals surface area contributed by atoms with E-state index in [1.54, 1.807) is 32.9 Å². The van der Waals surface area contributed by atoms with Crippen molar-refractivity contribution < 1.29 is 37.3 Å². The number of benzene rings is 2. The molecule has 1 heterocycles. The van der Waals surface area contributed by atoms with Gasteiger partial charge in [0.1, 0.15) is 23.5 Å². The average molecular weight is 493 g/mol. The van der Waals surface area contributed by atoms with E-state index >= 15 is 0 Å². The van der Waals surface area contributed by atoms with Gasteiger partial charge in [-0.25, -0.2) is 27.5 Å². The van der Waals surface area contributed by atoms with Crippen molar-refractivity contribution in [3.05, 3.63) is 54.1 Å². The molecule has 2 N–H and O–H groups in total. The van der Waals surface area contributed by atoms with Gasteiger partial charge in [-0.3, -0.25) is 4.79 Å². The highest BCUT2D eigenvalue weighted by Gasteiger charge is 2.23. The fourth-order valence-corrected chi connectivity index (χ4v) is 3.12. The quantitative estimate of drug-likeness (QED) is 0.477. The Labute approximate surface area is 199 Å². The summed E-state index contributed by atoms with van der Waals surface area (Å²) < 4.78 is 51.5. The Bertz CT molecular complexity index is 1230. The lowest BCUT2D eigenvalue weighted by molar-refractivity contribution is -0.118. The fourth-order valence-electron chi connectivity index (χ4n) is 3.12. The number of nitrogens with zero attached hydrogens (tertiary/aromatic N) is 2. The first kappa shape index (κ1) is 26.0. The molecule has 0 saturated heterocycles. The van der Waals surface area contributed by atoms with E-state index in [9.17, 15) is 27.9 Å². The Morgan fingerprint density at radius 2 is 1.86 bits per heavy atom. The van der Waals surface area contributed by atoms with E-state index in [2.05, 4.69) is 10.3 Å². The molecule has 0 aliphatic rings. The predicted octanol–water partition coefficient (Wildman–Crippen LogP) is 5.05. The van der Waals surface area contributed by atoms with Gasteiger partial charge in [0.2, 0.25) is 5.91 Å². The molecule has 0 bridgehead atoms. The molecule has 0 aliphatic heterocycles. The van der Waals surface area contributed by atoms with Gasteiger partial charge in [-0.05, 0) is 51.1 Å². The molecule has 1 unspecified atom stereocenters. The molecule has 1 amide bonds. The van der Waals surface area contributed by atoms with Crippen LogP contribution in [-0.4, -0.2) is 44.8 Å². The summed E-state index contributed by atoms with van der Waals surface area (Å²) in [6.07, 6.45) is -1.23. The van der Waals surface area contributed by atoms with Crippen LogP contribution in [0.15, 0.2) is 42.7 Å². The number of rotatable bonds is 7. The summed E-state index contributed by atoms with van der Waals surface area (Å²) >= 11 is 0. The van der Waals surface area contributed by atoms with E-state index < -0.39 is 48.5 Å². The van der Waals surface area contributed by atoms with Crippen LogP contribution in [0.3, 0.4) is 0 Å². The summed E-state index contributed by atoms with van der Waals surface area (Å²) in [6.45, 7) is 4.98. The van der Waals surface area contributed by atoms with Crippen molar-refractivity contribution in [1.29, 1.82) is 0 Å². The molecule has 0 aliphatic carbocycles. The van der Waals surface area contributed by atoms with Crippen LogP contribution >= 0.6 is 0 Å². The molecule has 1 atom stereocenters. The van der Waals surface area contributed by atoms with Crippen LogP contribution in [0, 0.1) is 5.82 Å². The first-order valence-electron chi connectivity index (χ1n) is 10.7. The normalized spacial score (nSPS) is 12.9. The van der Waals surface area contributed by atoms with Crippen LogP contribution in [0.4, 0.5) is 23.7 Å². The lowest BCUT2D eigenvalue weighted by Gasteiger charge is -2.19. The van der Waals surface area contributed by atoms with Crippen LogP contribution in [0.25, 0.3) is 11.0 Å². The highest BCUT2D eigenvalue weighted by Crippen LogP contribution is 2.26. The second-order valence-corrected chi connectivity index (χ2v) is 9.11. The smallest absolute Gasteiger partial charge is 0.420 e. The number of hydrogen-bond donors (Lipinski definition) is 2. The van der Waals surface area contributed by atoms with Gasteiger partial charge in [0, 0.05) is 24.2 Å².